The maximum Gasteiger partial charge on any atom is 0.274 e. The maximum absolute atomic E-state index is 10.6. The molecule has 0 aromatic carbocycles. The molecule has 1 aliphatic rings. The fraction of sp³-hybridized carbons (Fsp3) is 0.250. The summed E-state index contributed by atoms with van der Waals surface area (Å²) in [4.78, 5) is 21.0. The van der Waals surface area contributed by atoms with E-state index in [1.165, 1.54) is 0 Å². The van der Waals surface area contributed by atoms with Gasteiger partial charge in [0.25, 0.3) is 5.91 Å². The van der Waals surface area contributed by atoms with Crippen LogP contribution in [0.15, 0.2) is 10.3 Å². The van der Waals surface area contributed by atoms with E-state index in [4.69, 9.17) is 5.53 Å². The van der Waals surface area contributed by atoms with E-state index in [9.17, 15) is 9.59 Å². The molecule has 0 bridgehead atoms. The van der Waals surface area contributed by atoms with Gasteiger partial charge in [0.2, 0.25) is 5.91 Å². The van der Waals surface area contributed by atoms with E-state index in [0.717, 1.165) is 0 Å². The second-order valence-corrected chi connectivity index (χ2v) is 1.70. The summed E-state index contributed by atoms with van der Waals surface area (Å²) in [7, 11) is 0. The summed E-state index contributed by atoms with van der Waals surface area (Å²) in [5.74, 6) is -0.951. The fourth-order valence-electron chi connectivity index (χ4n) is 0.616. The van der Waals surface area contributed by atoms with Crippen LogP contribution in [-0.2, 0) is 9.59 Å². The highest BCUT2D eigenvalue weighted by Gasteiger charge is 2.25. The van der Waals surface area contributed by atoms with Crippen molar-refractivity contribution in [2.24, 2.45) is 10.3 Å². The molecule has 0 saturated carbocycles. The van der Waals surface area contributed by atoms with Crippen molar-refractivity contribution >= 4 is 17.5 Å². The summed E-state index contributed by atoms with van der Waals surface area (Å²) < 4.78 is 0. The predicted molar refractivity (Wildman–Crippen MR) is 30.3 cm³/mol. The number of amides is 2. The number of nitrogens with one attached hydrogen (secondary N) is 2. The molecule has 6 heteroatoms. The van der Waals surface area contributed by atoms with Crippen molar-refractivity contribution in [2.75, 3.05) is 0 Å². The first kappa shape index (κ1) is 6.53. The lowest BCUT2D eigenvalue weighted by atomic mass is 10.3. The second-order valence-electron chi connectivity index (χ2n) is 1.70. The molecule has 2 amide bonds. The zero-order valence-corrected chi connectivity index (χ0v) is 4.92. The number of imide groups is 1. The van der Waals surface area contributed by atoms with Crippen molar-refractivity contribution < 1.29 is 9.59 Å². The first-order valence-corrected chi connectivity index (χ1v) is 2.51. The Bertz CT molecular complexity index is 231. The van der Waals surface area contributed by atoms with Gasteiger partial charge in [0.05, 0.1) is 6.42 Å². The van der Waals surface area contributed by atoms with Gasteiger partial charge < -0.3 is 0 Å². The minimum atomic E-state index is -0.555. The van der Waals surface area contributed by atoms with Crippen LogP contribution in [-0.4, -0.2) is 17.5 Å². The molecule has 1 saturated heterocycles. The highest BCUT2D eigenvalue weighted by molar-refractivity contribution is 6.48. The molecule has 0 aromatic heterocycles. The summed E-state index contributed by atoms with van der Waals surface area (Å²) in [6.07, 6.45) is -0.0682. The number of hydrogen-bond acceptors (Lipinski definition) is 4. The van der Waals surface area contributed by atoms with Gasteiger partial charge in [0.1, 0.15) is 5.71 Å². The van der Waals surface area contributed by atoms with Crippen LogP contribution >= 0.6 is 0 Å². The van der Waals surface area contributed by atoms with Crippen molar-refractivity contribution in [2.45, 2.75) is 6.42 Å². The zero-order chi connectivity index (χ0) is 7.56. The van der Waals surface area contributed by atoms with Crippen LogP contribution in [0.3, 0.4) is 0 Å². The Balaban J connectivity index is 2.81. The van der Waals surface area contributed by atoms with Crippen molar-refractivity contribution in [3.63, 3.8) is 0 Å². The lowest BCUT2D eigenvalue weighted by Gasteiger charge is -1.81. The van der Waals surface area contributed by atoms with E-state index in [-0.39, 0.29) is 12.1 Å². The number of carbonyl (C=O) groups excluding carboxylic acids is 2. The largest absolute Gasteiger partial charge is 0.291 e. The first-order valence-electron chi connectivity index (χ1n) is 2.51. The summed E-state index contributed by atoms with van der Waals surface area (Å²) >= 11 is 0. The van der Waals surface area contributed by atoms with Crippen LogP contribution in [0.25, 0.3) is 0 Å². The number of nitrogens with zero attached hydrogens (tertiary/aromatic N) is 2. The minimum absolute atomic E-state index is 0.000000000000000222. The Labute approximate surface area is 55.8 Å². The molecule has 0 radical (unpaired) electrons. The van der Waals surface area contributed by atoms with Gasteiger partial charge in [-0.2, -0.15) is 5.53 Å². The Morgan fingerprint density at radius 3 is 2.60 bits per heavy atom. The molecule has 1 rings (SSSR count). The third-order valence-electron chi connectivity index (χ3n) is 1.01. The van der Waals surface area contributed by atoms with Crippen LogP contribution in [0.5, 0.6) is 0 Å². The van der Waals surface area contributed by atoms with Gasteiger partial charge in [0.15, 0.2) is 0 Å². The average molecular weight is 140 g/mol. The Hall–Kier alpha value is -1.59. The number of hydrogen-bond donors (Lipinski definition) is 2. The van der Waals surface area contributed by atoms with Crippen LogP contribution in [0.4, 0.5) is 0 Å². The van der Waals surface area contributed by atoms with Crippen LogP contribution in [0.2, 0.25) is 0 Å². The molecule has 0 aromatic rings. The average Bonchev–Trinajstić information content (AvgIpc) is 2.13. The number of rotatable bonds is 1. The molecule has 2 N–H and O–H groups in total. The summed E-state index contributed by atoms with van der Waals surface area (Å²) in [6.45, 7) is 0. The molecule has 0 unspecified atom stereocenters. The highest BCUT2D eigenvalue weighted by atomic mass is 16.2. The van der Waals surface area contributed by atoms with Crippen molar-refractivity contribution in [1.82, 2.24) is 5.32 Å². The monoisotopic (exact) mass is 140 g/mol. The predicted octanol–water partition coefficient (Wildman–Crippen LogP) is -0.580. The molecule has 52 valence electrons. The zero-order valence-electron chi connectivity index (χ0n) is 4.92. The van der Waals surface area contributed by atoms with E-state index in [2.05, 4.69) is 10.3 Å². The Kier molecular flexibility index (Phi) is 1.53. The van der Waals surface area contributed by atoms with Crippen molar-refractivity contribution in [3.05, 3.63) is 0 Å². The Morgan fingerprint density at radius 2 is 2.20 bits per heavy atom. The second kappa shape index (κ2) is 2.34. The SMILES string of the molecule is N=NN=C1CC(=O)NC1=O. The van der Waals surface area contributed by atoms with E-state index in [1.807, 2.05) is 5.32 Å². The van der Waals surface area contributed by atoms with Gasteiger partial charge in [-0.15, -0.1) is 5.10 Å². The molecule has 0 atom stereocenters. The van der Waals surface area contributed by atoms with E-state index < -0.39 is 11.8 Å². The smallest absolute Gasteiger partial charge is 0.274 e. The van der Waals surface area contributed by atoms with E-state index in [1.54, 1.807) is 0 Å². The molecule has 1 heterocycles. The Morgan fingerprint density at radius 1 is 1.50 bits per heavy atom. The third-order valence-corrected chi connectivity index (χ3v) is 1.01. The molecule has 1 fully saturated rings. The van der Waals surface area contributed by atoms with Gasteiger partial charge in [-0.05, 0) is 0 Å². The van der Waals surface area contributed by atoms with Crippen molar-refractivity contribution in [1.29, 1.82) is 5.53 Å². The molecule has 10 heavy (non-hydrogen) atoms. The van der Waals surface area contributed by atoms with E-state index in [0.29, 0.717) is 0 Å². The van der Waals surface area contributed by atoms with Crippen LogP contribution in [0.1, 0.15) is 6.42 Å². The number of carbonyl (C=O) groups is 2. The normalized spacial score (nSPS) is 21.4. The molecule has 6 nitrogen and oxygen atoms in total. The summed E-state index contributed by atoms with van der Waals surface area (Å²) in [6, 6.07) is 0. The van der Waals surface area contributed by atoms with Crippen molar-refractivity contribution in [3.8, 4) is 0 Å². The summed E-state index contributed by atoms with van der Waals surface area (Å²) in [5, 5.41) is 7.76. The van der Waals surface area contributed by atoms with Crippen LogP contribution in [0, 0.1) is 5.53 Å². The lowest BCUT2D eigenvalue weighted by Crippen LogP contribution is -2.21. The quantitative estimate of drug-likeness (QED) is 0.289. The van der Waals surface area contributed by atoms with Gasteiger partial charge in [0, 0.05) is 0 Å². The third kappa shape index (κ3) is 1.04. The maximum atomic E-state index is 10.6. The van der Waals surface area contributed by atoms with Gasteiger partial charge in [-0.25, -0.2) is 0 Å². The van der Waals surface area contributed by atoms with Gasteiger partial charge >= 0.3 is 0 Å². The molecule has 0 spiro atoms. The van der Waals surface area contributed by atoms with Crippen LogP contribution < -0.4 is 5.32 Å². The first-order chi connectivity index (χ1) is 4.74. The molecule has 1 aliphatic heterocycles. The molecule has 0 aliphatic carbocycles. The van der Waals surface area contributed by atoms with Gasteiger partial charge in [-0.1, -0.05) is 5.22 Å². The van der Waals surface area contributed by atoms with Gasteiger partial charge in [-0.3, -0.25) is 14.9 Å². The minimum Gasteiger partial charge on any atom is -0.291 e. The molecular formula is C4H4N4O2. The standard InChI is InChI=1S/C4H4N4O2/c5-8-7-2-1-3(9)6-4(2)10/h5H,1H2,(H,6,9,10). The fourth-order valence-corrected chi connectivity index (χ4v) is 0.616. The summed E-state index contributed by atoms with van der Waals surface area (Å²) in [5.41, 5.74) is 6.27. The highest BCUT2D eigenvalue weighted by Crippen LogP contribution is 1.96. The lowest BCUT2D eigenvalue weighted by molar-refractivity contribution is -0.123. The topological polar surface area (TPSA) is 94.7 Å². The van der Waals surface area contributed by atoms with E-state index >= 15 is 0 Å². The molecular weight excluding hydrogens is 136 g/mol.